The van der Waals surface area contributed by atoms with Crippen LogP contribution in [0.1, 0.15) is 0 Å². The molecule has 1 amide bonds. The normalized spacial score (nSPS) is 13.3. The van der Waals surface area contributed by atoms with E-state index >= 15 is 0 Å². The molecular formula is C21H20N2O5S. The number of carbonyl (C=O) groups is 1. The van der Waals surface area contributed by atoms with Crippen LogP contribution >= 0.6 is 11.3 Å². The van der Waals surface area contributed by atoms with E-state index in [1.807, 2.05) is 22.8 Å². The number of benzene rings is 2. The van der Waals surface area contributed by atoms with E-state index in [9.17, 15) is 4.79 Å². The molecule has 0 saturated heterocycles. The first kappa shape index (κ1) is 19.1. The second-order valence-corrected chi connectivity index (χ2v) is 7.23. The smallest absolute Gasteiger partial charge is 0.286 e. The Balaban J connectivity index is 1.62. The van der Waals surface area contributed by atoms with E-state index in [0.29, 0.717) is 47.6 Å². The topological polar surface area (TPSA) is 71.3 Å². The predicted octanol–water partition coefficient (Wildman–Crippen LogP) is 3.17. The van der Waals surface area contributed by atoms with Crippen molar-refractivity contribution >= 4 is 27.5 Å². The Kier molecular flexibility index (Phi) is 5.53. The van der Waals surface area contributed by atoms with Crippen molar-refractivity contribution in [2.75, 3.05) is 26.9 Å². The molecule has 0 radical (unpaired) electrons. The number of ether oxygens (including phenoxy) is 4. The van der Waals surface area contributed by atoms with Crippen LogP contribution < -0.4 is 23.7 Å². The summed E-state index contributed by atoms with van der Waals surface area (Å²) in [5.74, 6) is 2.22. The number of nitrogens with zero attached hydrogens (tertiary/aromatic N) is 2. The average Bonchev–Trinajstić information content (AvgIpc) is 3.07. The first-order chi connectivity index (χ1) is 14.2. The fourth-order valence-corrected chi connectivity index (χ4v) is 4.04. The Bertz CT molecular complexity index is 1130. The van der Waals surface area contributed by atoms with E-state index in [2.05, 4.69) is 11.6 Å². The average molecular weight is 412 g/mol. The van der Waals surface area contributed by atoms with Gasteiger partial charge >= 0.3 is 0 Å². The van der Waals surface area contributed by atoms with Crippen molar-refractivity contribution in [2.45, 2.75) is 6.54 Å². The molecular weight excluding hydrogens is 392 g/mol. The van der Waals surface area contributed by atoms with Gasteiger partial charge in [0, 0.05) is 24.7 Å². The Hall–Kier alpha value is -3.26. The summed E-state index contributed by atoms with van der Waals surface area (Å²) in [7, 11) is 1.58. The number of thiazole rings is 1. The van der Waals surface area contributed by atoms with Gasteiger partial charge in [-0.15, -0.1) is 6.58 Å². The van der Waals surface area contributed by atoms with Crippen molar-refractivity contribution in [3.63, 3.8) is 0 Å². The van der Waals surface area contributed by atoms with Crippen LogP contribution in [0.25, 0.3) is 10.2 Å². The highest BCUT2D eigenvalue weighted by Crippen LogP contribution is 2.35. The van der Waals surface area contributed by atoms with Crippen molar-refractivity contribution in [3.8, 4) is 23.0 Å². The lowest BCUT2D eigenvalue weighted by Crippen LogP contribution is -2.19. The number of rotatable bonds is 6. The third-order valence-corrected chi connectivity index (χ3v) is 5.32. The summed E-state index contributed by atoms with van der Waals surface area (Å²) in [5.41, 5.74) is 0.916. The number of hydrogen-bond donors (Lipinski definition) is 0. The monoisotopic (exact) mass is 412 g/mol. The van der Waals surface area contributed by atoms with Gasteiger partial charge in [-0.05, 0) is 12.1 Å². The third-order valence-electron chi connectivity index (χ3n) is 4.28. The van der Waals surface area contributed by atoms with Crippen molar-refractivity contribution < 1.29 is 23.7 Å². The standard InChI is InChI=1S/C21H20N2O5S/c1-3-7-23-16-11-17-18(27-9-8-26-17)12-19(16)29-21(23)22-20(24)13-28-15-6-4-5-14(10-15)25-2/h3-6,10-12H,1,7-9,13H2,2H3. The lowest BCUT2D eigenvalue weighted by atomic mass is 10.2. The maximum Gasteiger partial charge on any atom is 0.286 e. The molecule has 0 N–H and O–H groups in total. The molecule has 0 bridgehead atoms. The summed E-state index contributed by atoms with van der Waals surface area (Å²) in [6, 6.07) is 10.9. The summed E-state index contributed by atoms with van der Waals surface area (Å²) in [4.78, 5) is 17.3. The van der Waals surface area contributed by atoms with Gasteiger partial charge in [0.25, 0.3) is 5.91 Å². The van der Waals surface area contributed by atoms with Crippen molar-refractivity contribution in [1.82, 2.24) is 4.57 Å². The summed E-state index contributed by atoms with van der Waals surface area (Å²) in [6.45, 7) is 5.19. The van der Waals surface area contributed by atoms with Crippen LogP contribution in [0.2, 0.25) is 0 Å². The van der Waals surface area contributed by atoms with E-state index in [-0.39, 0.29) is 12.5 Å². The quantitative estimate of drug-likeness (QED) is 0.582. The minimum absolute atomic E-state index is 0.168. The fraction of sp³-hybridized carbons (Fsp3) is 0.238. The van der Waals surface area contributed by atoms with Crippen LogP contribution in [0.15, 0.2) is 54.0 Å². The van der Waals surface area contributed by atoms with Gasteiger partial charge in [0.2, 0.25) is 0 Å². The van der Waals surface area contributed by atoms with Crippen molar-refractivity contribution in [3.05, 3.63) is 53.9 Å². The number of allylic oxidation sites excluding steroid dienone is 1. The lowest BCUT2D eigenvalue weighted by Gasteiger charge is -2.18. The molecule has 0 atom stereocenters. The number of aromatic nitrogens is 1. The van der Waals surface area contributed by atoms with Crippen molar-refractivity contribution in [1.29, 1.82) is 0 Å². The molecule has 0 unspecified atom stereocenters. The van der Waals surface area contributed by atoms with Gasteiger partial charge in [-0.3, -0.25) is 4.79 Å². The predicted molar refractivity (Wildman–Crippen MR) is 110 cm³/mol. The molecule has 1 aliphatic rings. The van der Waals surface area contributed by atoms with E-state index in [0.717, 1.165) is 10.2 Å². The SMILES string of the molecule is C=CCn1c(=NC(=O)COc2cccc(OC)c2)sc2cc3c(cc21)OCCO3. The van der Waals surface area contributed by atoms with Crippen LogP contribution in [0.5, 0.6) is 23.0 Å². The molecule has 4 rings (SSSR count). The van der Waals surface area contributed by atoms with Crippen LogP contribution in [-0.4, -0.2) is 37.4 Å². The maximum absolute atomic E-state index is 12.4. The summed E-state index contributed by atoms with van der Waals surface area (Å²) >= 11 is 1.41. The van der Waals surface area contributed by atoms with E-state index in [1.165, 1.54) is 11.3 Å². The largest absolute Gasteiger partial charge is 0.497 e. The van der Waals surface area contributed by atoms with Crippen LogP contribution in [-0.2, 0) is 11.3 Å². The number of methoxy groups -OCH3 is 1. The van der Waals surface area contributed by atoms with Gasteiger partial charge in [0.15, 0.2) is 22.9 Å². The number of amides is 1. The molecule has 3 aromatic rings. The van der Waals surface area contributed by atoms with Gasteiger partial charge < -0.3 is 23.5 Å². The Morgan fingerprint density at radius 2 is 2.00 bits per heavy atom. The molecule has 0 saturated carbocycles. The number of carbonyl (C=O) groups excluding carboxylic acids is 1. The highest BCUT2D eigenvalue weighted by Gasteiger charge is 2.16. The Morgan fingerprint density at radius 3 is 2.76 bits per heavy atom. The highest BCUT2D eigenvalue weighted by molar-refractivity contribution is 7.16. The maximum atomic E-state index is 12.4. The number of fused-ring (bicyclic) bond motifs is 2. The second-order valence-electron chi connectivity index (χ2n) is 6.22. The molecule has 150 valence electrons. The molecule has 2 aromatic carbocycles. The Labute approximate surface area is 171 Å². The first-order valence-corrected chi connectivity index (χ1v) is 9.88. The highest BCUT2D eigenvalue weighted by atomic mass is 32.1. The first-order valence-electron chi connectivity index (χ1n) is 9.06. The Morgan fingerprint density at radius 1 is 1.24 bits per heavy atom. The molecule has 7 nitrogen and oxygen atoms in total. The van der Waals surface area contributed by atoms with Gasteiger partial charge in [0.05, 0.1) is 17.3 Å². The molecule has 1 aromatic heterocycles. The summed E-state index contributed by atoms with van der Waals surface area (Å²) in [5, 5.41) is 0. The minimum atomic E-state index is -0.380. The third kappa shape index (κ3) is 4.12. The van der Waals surface area contributed by atoms with Crippen LogP contribution in [0, 0.1) is 0 Å². The molecule has 0 spiro atoms. The van der Waals surface area contributed by atoms with Crippen LogP contribution in [0.3, 0.4) is 0 Å². The second kappa shape index (κ2) is 8.40. The minimum Gasteiger partial charge on any atom is -0.497 e. The van der Waals surface area contributed by atoms with Crippen molar-refractivity contribution in [2.24, 2.45) is 4.99 Å². The molecule has 1 aliphatic heterocycles. The summed E-state index contributed by atoms with van der Waals surface area (Å²) < 4.78 is 24.9. The summed E-state index contributed by atoms with van der Waals surface area (Å²) in [6.07, 6.45) is 1.76. The molecule has 2 heterocycles. The zero-order valence-electron chi connectivity index (χ0n) is 15.9. The van der Waals surface area contributed by atoms with Crippen LogP contribution in [0.4, 0.5) is 0 Å². The molecule has 0 fully saturated rings. The van der Waals surface area contributed by atoms with E-state index in [4.69, 9.17) is 18.9 Å². The van der Waals surface area contributed by atoms with Gasteiger partial charge in [-0.2, -0.15) is 4.99 Å². The van der Waals surface area contributed by atoms with Gasteiger partial charge in [-0.1, -0.05) is 23.5 Å². The molecule has 0 aliphatic carbocycles. The zero-order valence-corrected chi connectivity index (χ0v) is 16.7. The van der Waals surface area contributed by atoms with E-state index in [1.54, 1.807) is 31.4 Å². The van der Waals surface area contributed by atoms with Gasteiger partial charge in [-0.25, -0.2) is 0 Å². The molecule has 8 heteroatoms. The fourth-order valence-electron chi connectivity index (χ4n) is 2.97. The molecule has 29 heavy (non-hydrogen) atoms. The zero-order chi connectivity index (χ0) is 20.2. The van der Waals surface area contributed by atoms with E-state index < -0.39 is 0 Å². The number of hydrogen-bond acceptors (Lipinski definition) is 6. The van der Waals surface area contributed by atoms with Gasteiger partial charge in [0.1, 0.15) is 24.7 Å². The lowest BCUT2D eigenvalue weighted by molar-refractivity contribution is -0.120.